The quantitative estimate of drug-likeness (QED) is 0.560. The molecular formula is C6H3F6N3. The van der Waals surface area contributed by atoms with Crippen LogP contribution in [0.5, 0.6) is 0 Å². The minimum atomic E-state index is -4.99. The Bertz CT molecular complexity index is 342. The summed E-state index contributed by atoms with van der Waals surface area (Å²) >= 11 is 0. The van der Waals surface area contributed by atoms with E-state index in [4.69, 9.17) is 5.53 Å². The molecular weight excluding hydrogens is 228 g/mol. The number of nitrogens with zero attached hydrogens (tertiary/aromatic N) is 2. The van der Waals surface area contributed by atoms with Crippen molar-refractivity contribution in [2.45, 2.75) is 12.4 Å². The molecule has 0 aliphatic rings. The van der Waals surface area contributed by atoms with Gasteiger partial charge in [0.2, 0.25) is 0 Å². The fourth-order valence-electron chi connectivity index (χ4n) is 0.987. The molecule has 0 saturated carbocycles. The van der Waals surface area contributed by atoms with Gasteiger partial charge in [0.25, 0.3) is 0 Å². The van der Waals surface area contributed by atoms with Gasteiger partial charge in [0.1, 0.15) is 0 Å². The highest BCUT2D eigenvalue weighted by Crippen LogP contribution is 2.34. The van der Waals surface area contributed by atoms with E-state index in [-0.39, 0.29) is 12.1 Å². The Hall–Kier alpha value is -1.54. The van der Waals surface area contributed by atoms with E-state index in [9.17, 15) is 26.3 Å². The average Bonchev–Trinajstić information content (AvgIpc) is 2.43. The third-order valence-corrected chi connectivity index (χ3v) is 1.56. The van der Waals surface area contributed by atoms with Gasteiger partial charge < -0.3 is 0 Å². The Kier molecular flexibility index (Phi) is 2.49. The average molecular weight is 231 g/mol. The highest BCUT2D eigenvalue weighted by atomic mass is 19.4. The Labute approximate surface area is 78.8 Å². The summed E-state index contributed by atoms with van der Waals surface area (Å²) in [6.45, 7) is 0. The van der Waals surface area contributed by atoms with E-state index in [0.717, 1.165) is 5.22 Å². The van der Waals surface area contributed by atoms with Crippen LogP contribution in [0.3, 0.4) is 0 Å². The number of hydrogen-bond acceptors (Lipinski definition) is 0. The molecule has 1 N–H and O–H groups in total. The van der Waals surface area contributed by atoms with Crippen LogP contribution in [0, 0.1) is 0 Å². The second-order valence-electron chi connectivity index (χ2n) is 2.53. The van der Waals surface area contributed by atoms with Crippen LogP contribution < -0.4 is 5.22 Å². The number of aromatic nitrogens is 1. The maximum atomic E-state index is 12.1. The van der Waals surface area contributed by atoms with Gasteiger partial charge in [0.05, 0.1) is 11.4 Å². The molecule has 0 aliphatic heterocycles. The minimum Gasteiger partial charge on any atom is -0.216 e. The van der Waals surface area contributed by atoms with Crippen molar-refractivity contribution in [1.82, 2.24) is 4.68 Å². The molecule has 0 spiro atoms. The van der Waals surface area contributed by atoms with E-state index in [1.54, 1.807) is 0 Å². The van der Waals surface area contributed by atoms with Crippen molar-refractivity contribution in [1.29, 1.82) is 0 Å². The molecule has 1 aromatic heterocycles. The number of halogens is 6. The van der Waals surface area contributed by atoms with Crippen LogP contribution in [0.4, 0.5) is 26.3 Å². The summed E-state index contributed by atoms with van der Waals surface area (Å²) in [6.07, 6.45) is -9.97. The van der Waals surface area contributed by atoms with Gasteiger partial charge in [-0.1, -0.05) is 0 Å². The molecule has 0 aromatic carbocycles. The first kappa shape index (κ1) is 11.5. The van der Waals surface area contributed by atoms with E-state index in [1.165, 1.54) is 0 Å². The van der Waals surface area contributed by atoms with E-state index in [2.05, 4.69) is 0 Å². The monoisotopic (exact) mass is 231 g/mol. The highest BCUT2D eigenvalue weighted by Gasteiger charge is 2.39. The molecule has 0 radical (unpaired) electrons. The SMILES string of the molecule is [N-]=[NH+]n1c(C(F)(F)F)ccc1C(F)(F)F. The first-order valence-electron chi connectivity index (χ1n) is 3.44. The van der Waals surface area contributed by atoms with Gasteiger partial charge in [0, 0.05) is 0 Å². The summed E-state index contributed by atoms with van der Waals surface area (Å²) in [4.78, 5) is 0. The lowest BCUT2D eigenvalue weighted by Gasteiger charge is -2.12. The lowest BCUT2D eigenvalue weighted by Crippen LogP contribution is -2.70. The lowest BCUT2D eigenvalue weighted by molar-refractivity contribution is -0.555. The molecule has 0 aliphatic carbocycles. The van der Waals surface area contributed by atoms with E-state index < -0.39 is 28.4 Å². The van der Waals surface area contributed by atoms with E-state index in [1.807, 2.05) is 0 Å². The molecule has 9 heteroatoms. The molecule has 0 saturated heterocycles. The van der Waals surface area contributed by atoms with Crippen LogP contribution >= 0.6 is 0 Å². The zero-order chi connectivity index (χ0) is 11.9. The molecule has 1 heterocycles. The van der Waals surface area contributed by atoms with Gasteiger partial charge in [-0.25, -0.2) is 4.68 Å². The number of hydrogen-bond donors (Lipinski definition) is 1. The van der Waals surface area contributed by atoms with Gasteiger partial charge in [0.15, 0.2) is 0 Å². The van der Waals surface area contributed by atoms with Crippen molar-refractivity contribution in [2.24, 2.45) is 0 Å². The largest absolute Gasteiger partial charge is 0.417 e. The second kappa shape index (κ2) is 3.24. The van der Waals surface area contributed by atoms with Crippen molar-refractivity contribution in [3.63, 3.8) is 0 Å². The van der Waals surface area contributed by atoms with Crippen molar-refractivity contribution in [3.05, 3.63) is 29.1 Å². The van der Waals surface area contributed by atoms with E-state index >= 15 is 0 Å². The number of nitrogens with one attached hydrogen (secondary N) is 1. The third-order valence-electron chi connectivity index (χ3n) is 1.56. The Balaban J connectivity index is 3.37. The molecule has 0 bridgehead atoms. The standard InChI is InChI=1S/C6H3F6N3/c7-5(8,9)3-1-2-4(6(10,11)12)15(3)14-13/h1-2,14H. The van der Waals surface area contributed by atoms with Crippen LogP contribution in [-0.2, 0) is 12.4 Å². The van der Waals surface area contributed by atoms with Gasteiger partial charge in [-0.05, 0) is 12.1 Å². The normalized spacial score (nSPS) is 12.9. The van der Waals surface area contributed by atoms with Gasteiger partial charge in [-0.3, -0.25) is 0 Å². The lowest BCUT2D eigenvalue weighted by atomic mass is 10.4. The van der Waals surface area contributed by atoms with Crippen molar-refractivity contribution in [2.75, 3.05) is 0 Å². The second-order valence-corrected chi connectivity index (χ2v) is 2.53. The van der Waals surface area contributed by atoms with Crippen LogP contribution in [0.2, 0.25) is 0 Å². The fourth-order valence-corrected chi connectivity index (χ4v) is 0.987. The summed E-state index contributed by atoms with van der Waals surface area (Å²) in [5.74, 6) is 0. The van der Waals surface area contributed by atoms with Gasteiger partial charge in [-0.15, -0.1) is 0 Å². The van der Waals surface area contributed by atoms with Crippen LogP contribution in [0.15, 0.2) is 12.1 Å². The van der Waals surface area contributed by atoms with Crippen molar-refractivity contribution in [3.8, 4) is 0 Å². The highest BCUT2D eigenvalue weighted by molar-refractivity contribution is 5.19. The van der Waals surface area contributed by atoms with Crippen LogP contribution in [-0.4, -0.2) is 4.68 Å². The summed E-state index contributed by atoms with van der Waals surface area (Å²) in [5, 5.41) is 0.834. The van der Waals surface area contributed by atoms with Gasteiger partial charge >= 0.3 is 12.4 Å². The third kappa shape index (κ3) is 2.10. The molecule has 1 aromatic rings. The smallest absolute Gasteiger partial charge is 0.216 e. The Morgan fingerprint density at radius 1 is 0.933 bits per heavy atom. The Morgan fingerprint density at radius 3 is 1.47 bits per heavy atom. The molecule has 0 unspecified atom stereocenters. The summed E-state index contributed by atoms with van der Waals surface area (Å²) < 4.78 is 72.1. The first-order valence-corrected chi connectivity index (χ1v) is 3.44. The predicted molar refractivity (Wildman–Crippen MR) is 34.2 cm³/mol. The van der Waals surface area contributed by atoms with Crippen LogP contribution in [0.25, 0.3) is 5.53 Å². The van der Waals surface area contributed by atoms with Crippen LogP contribution in [0.1, 0.15) is 11.4 Å². The fraction of sp³-hybridized carbons (Fsp3) is 0.333. The first-order chi connectivity index (χ1) is 6.68. The van der Waals surface area contributed by atoms with Crippen molar-refractivity contribution >= 4 is 0 Å². The molecule has 0 amide bonds. The molecule has 84 valence electrons. The summed E-state index contributed by atoms with van der Waals surface area (Å²) in [7, 11) is 0. The zero-order valence-electron chi connectivity index (χ0n) is 6.82. The maximum Gasteiger partial charge on any atom is 0.417 e. The maximum absolute atomic E-state index is 12.1. The Morgan fingerprint density at radius 2 is 1.27 bits per heavy atom. The number of rotatable bonds is 1. The molecule has 15 heavy (non-hydrogen) atoms. The summed E-state index contributed by atoms with van der Waals surface area (Å²) in [6, 6.07) is 0.429. The van der Waals surface area contributed by atoms with E-state index in [0.29, 0.717) is 0 Å². The number of alkyl halides is 6. The predicted octanol–water partition coefficient (Wildman–Crippen LogP) is 1.39. The van der Waals surface area contributed by atoms with Gasteiger partial charge in [-0.2, -0.15) is 37.1 Å². The molecule has 3 nitrogen and oxygen atoms in total. The topological polar surface area (TPSA) is 41.2 Å². The molecule has 1 rings (SSSR count). The zero-order valence-corrected chi connectivity index (χ0v) is 6.82. The molecule has 0 fully saturated rings. The summed E-state index contributed by atoms with van der Waals surface area (Å²) in [5.41, 5.74) is 4.95. The minimum absolute atomic E-state index is 0.214. The molecule has 0 atom stereocenters. The van der Waals surface area contributed by atoms with Crippen molar-refractivity contribution < 1.29 is 31.6 Å².